The minimum atomic E-state index is -0.586. The molecule has 0 saturated heterocycles. The minimum Gasteiger partial charge on any atom is -0.508 e. The fourth-order valence-corrected chi connectivity index (χ4v) is 2.64. The fraction of sp³-hybridized carbons (Fsp3) is 0.533. The van der Waals surface area contributed by atoms with Gasteiger partial charge in [-0.05, 0) is 43.4 Å². The second-order valence-electron chi connectivity index (χ2n) is 5.30. The van der Waals surface area contributed by atoms with E-state index >= 15 is 0 Å². The summed E-state index contributed by atoms with van der Waals surface area (Å²) in [7, 11) is 1.67. The summed E-state index contributed by atoms with van der Waals surface area (Å²) in [5, 5.41) is 12.2. The number of benzene rings is 1. The topological polar surface area (TPSA) is 84.6 Å². The predicted molar refractivity (Wildman–Crippen MR) is 76.4 cm³/mol. The lowest BCUT2D eigenvalue weighted by atomic mass is 10.1. The first-order valence-electron chi connectivity index (χ1n) is 6.97. The van der Waals surface area contributed by atoms with E-state index in [9.17, 15) is 9.90 Å². The number of ether oxygens (including phenoxy) is 1. The van der Waals surface area contributed by atoms with Crippen LogP contribution in [0.5, 0.6) is 5.75 Å². The number of methoxy groups -OCH3 is 1. The Kier molecular flexibility index (Phi) is 4.98. The van der Waals surface area contributed by atoms with Gasteiger partial charge in [-0.3, -0.25) is 4.79 Å². The molecule has 0 aliphatic heterocycles. The van der Waals surface area contributed by atoms with E-state index in [-0.39, 0.29) is 23.8 Å². The molecule has 1 aliphatic rings. The fourth-order valence-electron chi connectivity index (χ4n) is 2.64. The van der Waals surface area contributed by atoms with Crippen LogP contribution in [0.3, 0.4) is 0 Å². The van der Waals surface area contributed by atoms with Crippen LogP contribution in [0.1, 0.15) is 24.8 Å². The zero-order valence-electron chi connectivity index (χ0n) is 11.7. The van der Waals surface area contributed by atoms with E-state index in [0.29, 0.717) is 6.42 Å². The highest BCUT2D eigenvalue weighted by molar-refractivity contribution is 5.82. The summed E-state index contributed by atoms with van der Waals surface area (Å²) in [4.78, 5) is 12.1. The molecular weight excluding hydrogens is 256 g/mol. The summed E-state index contributed by atoms with van der Waals surface area (Å²) >= 11 is 0. The number of hydrogen-bond acceptors (Lipinski definition) is 4. The van der Waals surface area contributed by atoms with Gasteiger partial charge in [0.25, 0.3) is 0 Å². The molecule has 1 aromatic carbocycles. The molecule has 2 rings (SSSR count). The number of carbonyl (C=O) groups excluding carboxylic acids is 1. The quantitative estimate of drug-likeness (QED) is 0.748. The zero-order chi connectivity index (χ0) is 14.5. The number of rotatable bonds is 5. The Hall–Kier alpha value is -1.59. The van der Waals surface area contributed by atoms with E-state index in [1.165, 1.54) is 0 Å². The minimum absolute atomic E-state index is 0.0679. The predicted octanol–water partition coefficient (Wildman–Crippen LogP) is 0.946. The maximum atomic E-state index is 12.1. The Morgan fingerprint density at radius 3 is 2.80 bits per heavy atom. The summed E-state index contributed by atoms with van der Waals surface area (Å²) in [6.45, 7) is 0. The van der Waals surface area contributed by atoms with Gasteiger partial charge in [0.15, 0.2) is 0 Å². The monoisotopic (exact) mass is 278 g/mol. The highest BCUT2D eigenvalue weighted by Gasteiger charge is 2.29. The second-order valence-corrected chi connectivity index (χ2v) is 5.30. The molecule has 1 saturated carbocycles. The van der Waals surface area contributed by atoms with Crippen LogP contribution in [0, 0.1) is 0 Å². The molecule has 4 N–H and O–H groups in total. The first-order valence-corrected chi connectivity index (χ1v) is 6.97. The number of aromatic hydroxyl groups is 1. The SMILES string of the molecule is COC1CCCC1NC(=O)C(N)Cc1ccc(O)cc1. The third-order valence-electron chi connectivity index (χ3n) is 3.81. The van der Waals surface area contributed by atoms with E-state index in [1.807, 2.05) is 0 Å². The molecule has 0 radical (unpaired) electrons. The van der Waals surface area contributed by atoms with E-state index in [2.05, 4.69) is 5.32 Å². The van der Waals surface area contributed by atoms with Crippen molar-refractivity contribution in [2.45, 2.75) is 43.9 Å². The van der Waals surface area contributed by atoms with Crippen LogP contribution in [0.4, 0.5) is 0 Å². The Labute approximate surface area is 119 Å². The van der Waals surface area contributed by atoms with Gasteiger partial charge < -0.3 is 20.9 Å². The molecule has 0 spiro atoms. The summed E-state index contributed by atoms with van der Waals surface area (Å²) in [5.41, 5.74) is 6.87. The molecule has 5 nitrogen and oxygen atoms in total. The first-order chi connectivity index (χ1) is 9.60. The smallest absolute Gasteiger partial charge is 0.237 e. The van der Waals surface area contributed by atoms with Gasteiger partial charge in [0.2, 0.25) is 5.91 Å². The van der Waals surface area contributed by atoms with Crippen LogP contribution < -0.4 is 11.1 Å². The van der Waals surface area contributed by atoms with Gasteiger partial charge in [-0.25, -0.2) is 0 Å². The molecule has 3 unspecified atom stereocenters. The average molecular weight is 278 g/mol. The van der Waals surface area contributed by atoms with Crippen LogP contribution in [0.15, 0.2) is 24.3 Å². The lowest BCUT2D eigenvalue weighted by Gasteiger charge is -2.21. The summed E-state index contributed by atoms with van der Waals surface area (Å²) in [6.07, 6.45) is 3.54. The second kappa shape index (κ2) is 6.72. The van der Waals surface area contributed by atoms with Crippen molar-refractivity contribution in [1.29, 1.82) is 0 Å². The third-order valence-corrected chi connectivity index (χ3v) is 3.81. The van der Waals surface area contributed by atoms with Crippen LogP contribution in [0.2, 0.25) is 0 Å². The lowest BCUT2D eigenvalue weighted by Crippen LogP contribution is -2.49. The molecule has 0 heterocycles. The van der Waals surface area contributed by atoms with Crippen molar-refractivity contribution in [2.24, 2.45) is 5.73 Å². The third kappa shape index (κ3) is 3.71. The van der Waals surface area contributed by atoms with Crippen LogP contribution in [0.25, 0.3) is 0 Å². The average Bonchev–Trinajstić information content (AvgIpc) is 2.88. The standard InChI is InChI=1S/C15H22N2O3/c1-20-14-4-2-3-13(14)17-15(19)12(16)9-10-5-7-11(18)8-6-10/h5-8,12-14,18H,2-4,9,16H2,1H3,(H,17,19). The summed E-state index contributed by atoms with van der Waals surface area (Å²) in [5.74, 6) is 0.0627. The number of nitrogens with one attached hydrogen (secondary N) is 1. The Morgan fingerprint density at radius 2 is 2.15 bits per heavy atom. The van der Waals surface area contributed by atoms with Gasteiger partial charge >= 0.3 is 0 Å². The largest absolute Gasteiger partial charge is 0.508 e. The van der Waals surface area contributed by atoms with E-state index in [4.69, 9.17) is 10.5 Å². The Bertz CT molecular complexity index is 447. The molecule has 0 bridgehead atoms. The van der Waals surface area contributed by atoms with Crippen LogP contribution in [-0.2, 0) is 16.0 Å². The first kappa shape index (κ1) is 14.8. The van der Waals surface area contributed by atoms with Crippen molar-refractivity contribution in [2.75, 3.05) is 7.11 Å². The number of amides is 1. The van der Waals surface area contributed by atoms with E-state index in [0.717, 1.165) is 24.8 Å². The molecule has 1 aliphatic carbocycles. The van der Waals surface area contributed by atoms with Gasteiger partial charge in [0.05, 0.1) is 18.2 Å². The van der Waals surface area contributed by atoms with E-state index < -0.39 is 6.04 Å². The van der Waals surface area contributed by atoms with Gasteiger partial charge in [-0.1, -0.05) is 12.1 Å². The van der Waals surface area contributed by atoms with Gasteiger partial charge in [0, 0.05) is 7.11 Å². The van der Waals surface area contributed by atoms with Crippen molar-refractivity contribution in [3.05, 3.63) is 29.8 Å². The Balaban J connectivity index is 1.87. The molecule has 0 aromatic heterocycles. The van der Waals surface area contributed by atoms with Crippen molar-refractivity contribution < 1.29 is 14.6 Å². The Morgan fingerprint density at radius 1 is 1.45 bits per heavy atom. The molecule has 1 amide bonds. The zero-order valence-corrected chi connectivity index (χ0v) is 11.7. The highest BCUT2D eigenvalue weighted by atomic mass is 16.5. The number of carbonyl (C=O) groups is 1. The number of phenols is 1. The van der Waals surface area contributed by atoms with Crippen molar-refractivity contribution in [1.82, 2.24) is 5.32 Å². The molecule has 3 atom stereocenters. The molecule has 20 heavy (non-hydrogen) atoms. The van der Waals surface area contributed by atoms with Crippen molar-refractivity contribution in [3.63, 3.8) is 0 Å². The summed E-state index contributed by atoms with van der Waals surface area (Å²) in [6, 6.07) is 6.22. The van der Waals surface area contributed by atoms with Crippen molar-refractivity contribution >= 4 is 5.91 Å². The molecule has 1 fully saturated rings. The molecular formula is C15H22N2O3. The highest BCUT2D eigenvalue weighted by Crippen LogP contribution is 2.21. The van der Waals surface area contributed by atoms with Gasteiger partial charge in [-0.2, -0.15) is 0 Å². The lowest BCUT2D eigenvalue weighted by molar-refractivity contribution is -0.123. The number of hydrogen-bond donors (Lipinski definition) is 3. The van der Waals surface area contributed by atoms with Crippen LogP contribution in [-0.4, -0.2) is 36.3 Å². The summed E-state index contributed by atoms with van der Waals surface area (Å²) < 4.78 is 5.35. The van der Waals surface area contributed by atoms with Gasteiger partial charge in [0.1, 0.15) is 5.75 Å². The van der Waals surface area contributed by atoms with Crippen molar-refractivity contribution in [3.8, 4) is 5.75 Å². The van der Waals surface area contributed by atoms with Gasteiger partial charge in [-0.15, -0.1) is 0 Å². The maximum Gasteiger partial charge on any atom is 0.237 e. The number of phenolic OH excluding ortho intramolecular Hbond substituents is 1. The maximum absolute atomic E-state index is 12.1. The molecule has 1 aromatic rings. The molecule has 110 valence electrons. The molecule has 5 heteroatoms. The normalized spacial score (nSPS) is 23.5. The van der Waals surface area contributed by atoms with Crippen LogP contribution >= 0.6 is 0 Å². The number of nitrogens with two attached hydrogens (primary N) is 1. The van der Waals surface area contributed by atoms with E-state index in [1.54, 1.807) is 31.4 Å².